The first-order valence-corrected chi connectivity index (χ1v) is 9.25. The molecule has 2 aromatic rings. The maximum atomic E-state index is 11.1. The highest BCUT2D eigenvalue weighted by atomic mass is 32.3. The predicted octanol–water partition coefficient (Wildman–Crippen LogP) is 4.78. The van der Waals surface area contributed by atoms with Gasteiger partial charge < -0.3 is 5.11 Å². The molecule has 0 saturated carbocycles. The molecule has 6 heteroatoms. The standard InChI is InChI=1S/C18H22N2O3S/c1-10-8-11(2)13(12(3)9-10)16-15(21)14-17(20-7-6-19-14)18(4,5)24(16,22)23/h6-9,21-23H,1-5H3. The van der Waals surface area contributed by atoms with E-state index in [0.717, 1.165) is 16.7 Å². The second kappa shape index (κ2) is 5.31. The van der Waals surface area contributed by atoms with E-state index in [1.165, 1.54) is 12.4 Å². The minimum Gasteiger partial charge on any atom is -0.504 e. The zero-order valence-corrected chi connectivity index (χ0v) is 15.3. The average molecular weight is 346 g/mol. The summed E-state index contributed by atoms with van der Waals surface area (Å²) in [5, 5.41) is 10.8. The van der Waals surface area contributed by atoms with Crippen molar-refractivity contribution < 1.29 is 14.2 Å². The van der Waals surface area contributed by atoms with Crippen LogP contribution in [0.2, 0.25) is 0 Å². The lowest BCUT2D eigenvalue weighted by molar-refractivity contribution is 0.445. The van der Waals surface area contributed by atoms with E-state index in [-0.39, 0.29) is 10.7 Å². The molecule has 1 aliphatic heterocycles. The first-order chi connectivity index (χ1) is 11.1. The molecule has 0 aliphatic carbocycles. The van der Waals surface area contributed by atoms with Crippen LogP contribution in [0.4, 0.5) is 0 Å². The summed E-state index contributed by atoms with van der Waals surface area (Å²) in [6, 6.07) is 3.94. The molecule has 0 atom stereocenters. The molecule has 0 amide bonds. The zero-order chi connectivity index (χ0) is 17.9. The molecule has 0 bridgehead atoms. The first kappa shape index (κ1) is 17.0. The summed E-state index contributed by atoms with van der Waals surface area (Å²) >= 11 is 0. The fourth-order valence-corrected chi connectivity index (χ4v) is 5.29. The van der Waals surface area contributed by atoms with Gasteiger partial charge in [-0.25, -0.2) is 4.98 Å². The minimum atomic E-state index is -3.35. The van der Waals surface area contributed by atoms with E-state index >= 15 is 0 Å². The van der Waals surface area contributed by atoms with Crippen LogP contribution in [0.3, 0.4) is 0 Å². The van der Waals surface area contributed by atoms with E-state index in [2.05, 4.69) is 9.97 Å². The van der Waals surface area contributed by atoms with Gasteiger partial charge in [0.2, 0.25) is 0 Å². The molecule has 3 rings (SSSR count). The number of hydrogen-bond donors (Lipinski definition) is 3. The van der Waals surface area contributed by atoms with Crippen molar-refractivity contribution in [3.63, 3.8) is 0 Å². The van der Waals surface area contributed by atoms with Crippen LogP contribution in [0.5, 0.6) is 0 Å². The average Bonchev–Trinajstić information content (AvgIpc) is 2.48. The van der Waals surface area contributed by atoms with Crippen LogP contribution in [0.15, 0.2) is 24.5 Å². The van der Waals surface area contributed by atoms with Gasteiger partial charge in [0.05, 0.1) is 5.69 Å². The van der Waals surface area contributed by atoms with E-state index in [4.69, 9.17) is 0 Å². The molecule has 0 spiro atoms. The van der Waals surface area contributed by atoms with E-state index < -0.39 is 15.3 Å². The summed E-state index contributed by atoms with van der Waals surface area (Å²) < 4.78 is 21.2. The Kier molecular flexibility index (Phi) is 3.75. The normalized spacial score (nSPS) is 19.8. The number of rotatable bonds is 1. The first-order valence-electron chi connectivity index (χ1n) is 7.70. The highest BCUT2D eigenvalue weighted by Gasteiger charge is 2.49. The zero-order valence-electron chi connectivity index (χ0n) is 14.5. The van der Waals surface area contributed by atoms with Crippen LogP contribution in [0, 0.1) is 20.8 Å². The number of fused-ring (bicyclic) bond motifs is 1. The molecule has 128 valence electrons. The largest absolute Gasteiger partial charge is 0.504 e. The van der Waals surface area contributed by atoms with Crippen molar-refractivity contribution in [1.82, 2.24) is 9.97 Å². The summed E-state index contributed by atoms with van der Waals surface area (Å²) in [6.45, 7) is 9.25. The van der Waals surface area contributed by atoms with Gasteiger partial charge >= 0.3 is 0 Å². The number of nitrogens with zero attached hydrogens (tertiary/aromatic N) is 2. The van der Waals surface area contributed by atoms with Gasteiger partial charge in [-0.2, -0.15) is 10.6 Å². The van der Waals surface area contributed by atoms with Crippen LogP contribution in [-0.2, 0) is 4.75 Å². The Labute approximate surface area is 143 Å². The summed E-state index contributed by atoms with van der Waals surface area (Å²) in [4.78, 5) is 8.65. The summed E-state index contributed by atoms with van der Waals surface area (Å²) in [5.74, 6) is -0.201. The predicted molar refractivity (Wildman–Crippen MR) is 98.0 cm³/mol. The molecule has 24 heavy (non-hydrogen) atoms. The SMILES string of the molecule is Cc1cc(C)c(C2=C(O)c3nccnc3C(C)(C)S2(O)O)c(C)c1. The van der Waals surface area contributed by atoms with Crippen LogP contribution >= 0.6 is 10.6 Å². The van der Waals surface area contributed by atoms with Gasteiger partial charge in [0.25, 0.3) is 0 Å². The van der Waals surface area contributed by atoms with Crippen molar-refractivity contribution >= 4 is 21.3 Å². The van der Waals surface area contributed by atoms with Crippen molar-refractivity contribution in [2.45, 2.75) is 39.4 Å². The molecular weight excluding hydrogens is 324 g/mol. The Balaban J connectivity index is 2.43. The van der Waals surface area contributed by atoms with E-state index in [9.17, 15) is 14.2 Å². The second-order valence-corrected chi connectivity index (χ2v) is 9.29. The topological polar surface area (TPSA) is 86.5 Å². The lowest BCUT2D eigenvalue weighted by Crippen LogP contribution is -2.33. The highest BCUT2D eigenvalue weighted by Crippen LogP contribution is 2.70. The van der Waals surface area contributed by atoms with Crippen LogP contribution < -0.4 is 0 Å². The third kappa shape index (κ3) is 2.17. The molecule has 5 nitrogen and oxygen atoms in total. The highest BCUT2D eigenvalue weighted by molar-refractivity contribution is 8.33. The molecule has 0 radical (unpaired) electrons. The van der Waals surface area contributed by atoms with Gasteiger partial charge in [-0.1, -0.05) is 17.7 Å². The van der Waals surface area contributed by atoms with Crippen molar-refractivity contribution in [3.05, 3.63) is 58.2 Å². The third-order valence-electron chi connectivity index (χ3n) is 4.61. The van der Waals surface area contributed by atoms with Gasteiger partial charge in [0, 0.05) is 18.0 Å². The Hall–Kier alpha value is -1.89. The lowest BCUT2D eigenvalue weighted by atomic mass is 9.97. The van der Waals surface area contributed by atoms with Crippen molar-refractivity contribution in [3.8, 4) is 0 Å². The summed E-state index contributed by atoms with van der Waals surface area (Å²) in [7, 11) is -3.35. The van der Waals surface area contributed by atoms with Gasteiger partial charge in [-0.3, -0.25) is 14.1 Å². The molecule has 2 heterocycles. The van der Waals surface area contributed by atoms with E-state index in [0.29, 0.717) is 17.0 Å². The van der Waals surface area contributed by atoms with Crippen molar-refractivity contribution in [2.24, 2.45) is 0 Å². The molecule has 0 saturated heterocycles. The lowest BCUT2D eigenvalue weighted by Gasteiger charge is -2.50. The van der Waals surface area contributed by atoms with Crippen LogP contribution in [0.1, 0.15) is 47.5 Å². The Morgan fingerprint density at radius 1 is 0.958 bits per heavy atom. The van der Waals surface area contributed by atoms with Crippen LogP contribution in [0.25, 0.3) is 10.7 Å². The smallest absolute Gasteiger partial charge is 0.167 e. The minimum absolute atomic E-state index is 0.163. The van der Waals surface area contributed by atoms with Gasteiger partial charge in [-0.15, -0.1) is 0 Å². The molecule has 1 aliphatic rings. The maximum Gasteiger partial charge on any atom is 0.167 e. The quantitative estimate of drug-likeness (QED) is 0.691. The number of hydrogen-bond acceptors (Lipinski definition) is 5. The number of aryl methyl sites for hydroxylation is 3. The summed E-state index contributed by atoms with van der Waals surface area (Å²) in [5.41, 5.74) is 4.23. The number of benzene rings is 1. The monoisotopic (exact) mass is 346 g/mol. The van der Waals surface area contributed by atoms with Gasteiger partial charge in [0.1, 0.15) is 15.3 Å². The Morgan fingerprint density at radius 3 is 2.08 bits per heavy atom. The second-order valence-electron chi connectivity index (χ2n) is 6.76. The molecule has 1 aromatic carbocycles. The van der Waals surface area contributed by atoms with E-state index in [1.807, 2.05) is 32.9 Å². The number of aliphatic hydroxyl groups excluding tert-OH is 1. The Bertz CT molecular complexity index is 849. The van der Waals surface area contributed by atoms with Gasteiger partial charge in [-0.05, 0) is 45.7 Å². The summed E-state index contributed by atoms with van der Waals surface area (Å²) in [6.07, 6.45) is 2.99. The fraction of sp³-hybridized carbons (Fsp3) is 0.333. The van der Waals surface area contributed by atoms with Crippen molar-refractivity contribution in [2.75, 3.05) is 0 Å². The van der Waals surface area contributed by atoms with Crippen LogP contribution in [-0.4, -0.2) is 24.2 Å². The fourth-order valence-electron chi connectivity index (χ4n) is 3.38. The molecule has 3 N–H and O–H groups in total. The van der Waals surface area contributed by atoms with E-state index in [1.54, 1.807) is 13.8 Å². The maximum absolute atomic E-state index is 11.1. The third-order valence-corrected chi connectivity index (χ3v) is 7.19. The number of aromatic nitrogens is 2. The molecule has 0 fully saturated rings. The van der Waals surface area contributed by atoms with Crippen molar-refractivity contribution in [1.29, 1.82) is 0 Å². The van der Waals surface area contributed by atoms with Gasteiger partial charge in [0.15, 0.2) is 5.76 Å². The molecule has 0 unspecified atom stereocenters. The molecule has 1 aromatic heterocycles. The Morgan fingerprint density at radius 2 is 1.50 bits per heavy atom. The molecular formula is C18H22N2O3S. The number of aliphatic hydroxyl groups is 1.